The van der Waals surface area contributed by atoms with Gasteiger partial charge in [-0.05, 0) is 31.2 Å². The molecule has 1 N–H and O–H groups in total. The molecule has 1 aromatic rings. The van der Waals surface area contributed by atoms with E-state index in [9.17, 15) is 10.1 Å². The number of hydrogen-bond acceptors (Lipinski definition) is 4. The number of rotatable bonds is 4. The summed E-state index contributed by atoms with van der Waals surface area (Å²) in [6, 6.07) is 6.32. The SMILES string of the molecule is O=[N+]([O-])c1cccc(N/N=C\[C@@H]2CC=CCC2)c1. The van der Waals surface area contributed by atoms with Crippen LogP contribution in [0.4, 0.5) is 11.4 Å². The Hall–Kier alpha value is -2.17. The normalized spacial score (nSPS) is 19.0. The molecule has 1 atom stereocenters. The van der Waals surface area contributed by atoms with E-state index in [1.54, 1.807) is 12.1 Å². The van der Waals surface area contributed by atoms with E-state index in [0.29, 0.717) is 11.6 Å². The minimum Gasteiger partial charge on any atom is -0.279 e. The first kappa shape index (κ1) is 12.3. The van der Waals surface area contributed by atoms with Gasteiger partial charge in [-0.25, -0.2) is 0 Å². The van der Waals surface area contributed by atoms with Crippen LogP contribution in [0.5, 0.6) is 0 Å². The second-order valence-corrected chi connectivity index (χ2v) is 4.24. The molecule has 0 spiro atoms. The van der Waals surface area contributed by atoms with E-state index >= 15 is 0 Å². The fraction of sp³-hybridized carbons (Fsp3) is 0.308. The van der Waals surface area contributed by atoms with Gasteiger partial charge in [-0.1, -0.05) is 18.2 Å². The molecule has 94 valence electrons. The Morgan fingerprint density at radius 3 is 3.06 bits per heavy atom. The second kappa shape index (κ2) is 5.95. The van der Waals surface area contributed by atoms with Crippen LogP contribution in [0.3, 0.4) is 0 Å². The predicted octanol–water partition coefficient (Wildman–Crippen LogP) is 3.35. The molecule has 1 aliphatic carbocycles. The molecule has 5 heteroatoms. The molecular weight excluding hydrogens is 230 g/mol. The molecule has 18 heavy (non-hydrogen) atoms. The maximum absolute atomic E-state index is 10.6. The van der Waals surface area contributed by atoms with E-state index in [4.69, 9.17) is 0 Å². The van der Waals surface area contributed by atoms with E-state index < -0.39 is 4.92 Å². The predicted molar refractivity (Wildman–Crippen MR) is 71.7 cm³/mol. The van der Waals surface area contributed by atoms with Crippen molar-refractivity contribution in [2.45, 2.75) is 19.3 Å². The van der Waals surface area contributed by atoms with Crippen LogP contribution in [0.25, 0.3) is 0 Å². The van der Waals surface area contributed by atoms with Crippen LogP contribution >= 0.6 is 0 Å². The number of hydrazone groups is 1. The number of benzene rings is 1. The van der Waals surface area contributed by atoms with Crippen molar-refractivity contribution in [1.82, 2.24) is 0 Å². The first-order valence-corrected chi connectivity index (χ1v) is 5.94. The summed E-state index contributed by atoms with van der Waals surface area (Å²) >= 11 is 0. The van der Waals surface area contributed by atoms with E-state index in [0.717, 1.165) is 19.3 Å². The molecule has 0 bridgehead atoms. The summed E-state index contributed by atoms with van der Waals surface area (Å²) in [6.45, 7) is 0. The van der Waals surface area contributed by atoms with Crippen molar-refractivity contribution in [3.8, 4) is 0 Å². The Bertz CT molecular complexity index is 483. The molecule has 0 heterocycles. The zero-order valence-electron chi connectivity index (χ0n) is 9.95. The summed E-state index contributed by atoms with van der Waals surface area (Å²) in [5.41, 5.74) is 3.52. The highest BCUT2D eigenvalue weighted by atomic mass is 16.6. The quantitative estimate of drug-likeness (QED) is 0.383. The fourth-order valence-corrected chi connectivity index (χ4v) is 1.86. The summed E-state index contributed by atoms with van der Waals surface area (Å²) in [5, 5.41) is 14.7. The van der Waals surface area contributed by atoms with Crippen molar-refractivity contribution in [2.24, 2.45) is 11.0 Å². The summed E-state index contributed by atoms with van der Waals surface area (Å²) in [4.78, 5) is 10.2. The van der Waals surface area contributed by atoms with Gasteiger partial charge in [-0.2, -0.15) is 5.10 Å². The van der Waals surface area contributed by atoms with Crippen LogP contribution in [-0.4, -0.2) is 11.1 Å². The third-order valence-electron chi connectivity index (χ3n) is 2.85. The number of anilines is 1. The van der Waals surface area contributed by atoms with Crippen LogP contribution in [0.1, 0.15) is 19.3 Å². The summed E-state index contributed by atoms with van der Waals surface area (Å²) in [6.07, 6.45) is 9.43. The van der Waals surface area contributed by atoms with Crippen LogP contribution in [-0.2, 0) is 0 Å². The average Bonchev–Trinajstić information content (AvgIpc) is 2.40. The molecule has 2 rings (SSSR count). The van der Waals surface area contributed by atoms with Crippen molar-refractivity contribution in [3.05, 3.63) is 46.5 Å². The largest absolute Gasteiger partial charge is 0.279 e. The smallest absolute Gasteiger partial charge is 0.271 e. The Balaban J connectivity index is 1.93. The molecule has 0 saturated carbocycles. The van der Waals surface area contributed by atoms with Crippen molar-refractivity contribution in [1.29, 1.82) is 0 Å². The molecule has 0 unspecified atom stereocenters. The first-order chi connectivity index (χ1) is 8.75. The van der Waals surface area contributed by atoms with Gasteiger partial charge in [0.1, 0.15) is 0 Å². The summed E-state index contributed by atoms with van der Waals surface area (Å²) in [5.74, 6) is 0.459. The number of nitrogens with one attached hydrogen (secondary N) is 1. The lowest BCUT2D eigenvalue weighted by molar-refractivity contribution is -0.384. The van der Waals surface area contributed by atoms with Gasteiger partial charge >= 0.3 is 0 Å². The summed E-state index contributed by atoms with van der Waals surface area (Å²) < 4.78 is 0. The highest BCUT2D eigenvalue weighted by Crippen LogP contribution is 2.18. The number of nitrogens with zero attached hydrogens (tertiary/aromatic N) is 2. The average molecular weight is 245 g/mol. The lowest BCUT2D eigenvalue weighted by Crippen LogP contribution is -2.05. The fourth-order valence-electron chi connectivity index (χ4n) is 1.86. The molecule has 1 aromatic carbocycles. The standard InChI is InChI=1S/C13H15N3O2/c17-16(18)13-8-4-7-12(9-13)15-14-10-11-5-2-1-3-6-11/h1-2,4,7-11,15H,3,5-6H2/b14-10-/t11-/m1/s1. The lowest BCUT2D eigenvalue weighted by atomic mass is 9.96. The van der Waals surface area contributed by atoms with Gasteiger partial charge in [-0.15, -0.1) is 0 Å². The third-order valence-corrected chi connectivity index (χ3v) is 2.85. The van der Waals surface area contributed by atoms with Crippen molar-refractivity contribution in [2.75, 3.05) is 5.43 Å². The molecule has 5 nitrogen and oxygen atoms in total. The van der Waals surface area contributed by atoms with Crippen LogP contribution in [0.2, 0.25) is 0 Å². The highest BCUT2D eigenvalue weighted by molar-refractivity contribution is 5.63. The number of nitro groups is 1. The number of nitro benzene ring substituents is 1. The van der Waals surface area contributed by atoms with Gasteiger partial charge in [-0.3, -0.25) is 15.5 Å². The van der Waals surface area contributed by atoms with E-state index in [1.165, 1.54) is 12.1 Å². The maximum Gasteiger partial charge on any atom is 0.271 e. The van der Waals surface area contributed by atoms with Crippen LogP contribution < -0.4 is 5.43 Å². The summed E-state index contributed by atoms with van der Waals surface area (Å²) in [7, 11) is 0. The zero-order valence-corrected chi connectivity index (χ0v) is 9.95. The zero-order chi connectivity index (χ0) is 12.8. The number of hydrogen-bond donors (Lipinski definition) is 1. The second-order valence-electron chi connectivity index (χ2n) is 4.24. The van der Waals surface area contributed by atoms with Crippen molar-refractivity contribution < 1.29 is 4.92 Å². The molecule has 1 aliphatic rings. The molecule has 0 aromatic heterocycles. The molecule has 0 radical (unpaired) electrons. The number of allylic oxidation sites excluding steroid dienone is 2. The minimum atomic E-state index is -0.416. The van der Waals surface area contributed by atoms with Gasteiger partial charge in [0.05, 0.1) is 10.6 Å². The minimum absolute atomic E-state index is 0.0656. The van der Waals surface area contributed by atoms with E-state index in [1.807, 2.05) is 6.21 Å². The van der Waals surface area contributed by atoms with Crippen LogP contribution in [0, 0.1) is 16.0 Å². The van der Waals surface area contributed by atoms with Gasteiger partial charge in [0.15, 0.2) is 0 Å². The monoisotopic (exact) mass is 245 g/mol. The Labute approximate surface area is 105 Å². The van der Waals surface area contributed by atoms with Crippen LogP contribution in [0.15, 0.2) is 41.5 Å². The molecule has 0 fully saturated rings. The molecule has 0 amide bonds. The van der Waals surface area contributed by atoms with Gasteiger partial charge in [0.25, 0.3) is 5.69 Å². The van der Waals surface area contributed by atoms with Crippen molar-refractivity contribution in [3.63, 3.8) is 0 Å². The first-order valence-electron chi connectivity index (χ1n) is 5.94. The Kier molecular flexibility index (Phi) is 4.06. The maximum atomic E-state index is 10.6. The number of non-ortho nitro benzene ring substituents is 1. The Morgan fingerprint density at radius 1 is 1.44 bits per heavy atom. The van der Waals surface area contributed by atoms with E-state index in [-0.39, 0.29) is 5.69 Å². The Morgan fingerprint density at radius 2 is 2.33 bits per heavy atom. The molecular formula is C13H15N3O2. The van der Waals surface area contributed by atoms with Gasteiger partial charge in [0, 0.05) is 18.3 Å². The molecule has 0 saturated heterocycles. The third kappa shape index (κ3) is 3.41. The van der Waals surface area contributed by atoms with Crippen molar-refractivity contribution >= 4 is 17.6 Å². The molecule has 0 aliphatic heterocycles. The lowest BCUT2D eigenvalue weighted by Gasteiger charge is -2.11. The topological polar surface area (TPSA) is 67.5 Å². The van der Waals surface area contributed by atoms with E-state index in [2.05, 4.69) is 22.7 Å². The van der Waals surface area contributed by atoms with Gasteiger partial charge in [0.2, 0.25) is 0 Å². The highest BCUT2D eigenvalue weighted by Gasteiger charge is 2.07. The van der Waals surface area contributed by atoms with Gasteiger partial charge < -0.3 is 0 Å².